The van der Waals surface area contributed by atoms with Crippen molar-refractivity contribution in [2.75, 3.05) is 0 Å². The van der Waals surface area contributed by atoms with Gasteiger partial charge in [-0.15, -0.1) is 20.4 Å². The van der Waals surface area contributed by atoms with Gasteiger partial charge >= 0.3 is 0 Å². The van der Waals surface area contributed by atoms with Gasteiger partial charge in [0, 0.05) is 7.05 Å². The van der Waals surface area contributed by atoms with Crippen LogP contribution in [0.3, 0.4) is 0 Å². The summed E-state index contributed by atoms with van der Waals surface area (Å²) in [6.07, 6.45) is 1.67. The molecule has 2 rings (SSSR count). The summed E-state index contributed by atoms with van der Waals surface area (Å²) in [7, 11) is 3.65. The minimum atomic E-state index is 0.0938. The Morgan fingerprint density at radius 3 is 2.75 bits per heavy atom. The molecule has 0 radical (unpaired) electrons. The number of hydrogen-bond donors (Lipinski definition) is 1. The molecule has 0 aliphatic heterocycles. The highest BCUT2D eigenvalue weighted by molar-refractivity contribution is 4.92. The van der Waals surface area contributed by atoms with Crippen molar-refractivity contribution in [2.45, 2.75) is 19.5 Å². The molecule has 2 heterocycles. The monoisotopic (exact) mass is 222 g/mol. The predicted octanol–water partition coefficient (Wildman–Crippen LogP) is -0.811. The second-order valence-electron chi connectivity index (χ2n) is 3.60. The van der Waals surface area contributed by atoms with Crippen molar-refractivity contribution in [3.8, 4) is 0 Å². The van der Waals surface area contributed by atoms with E-state index in [9.17, 15) is 0 Å². The van der Waals surface area contributed by atoms with E-state index in [0.717, 1.165) is 5.82 Å². The van der Waals surface area contributed by atoms with E-state index in [1.54, 1.807) is 13.4 Å². The molecule has 2 aromatic heterocycles. The maximum Gasteiger partial charge on any atom is 0.188 e. The number of hydrogen-bond acceptors (Lipinski definition) is 6. The van der Waals surface area contributed by atoms with Crippen LogP contribution in [0, 0.1) is 0 Å². The molecule has 1 atom stereocenters. The van der Waals surface area contributed by atoms with E-state index in [0.29, 0.717) is 12.4 Å². The predicted molar refractivity (Wildman–Crippen MR) is 55.1 cm³/mol. The first-order chi connectivity index (χ1) is 7.66. The summed E-state index contributed by atoms with van der Waals surface area (Å²) < 4.78 is 1.88. The Morgan fingerprint density at radius 1 is 1.38 bits per heavy atom. The highest BCUT2D eigenvalue weighted by Crippen LogP contribution is 2.07. The molecule has 1 unspecified atom stereocenters. The lowest BCUT2D eigenvalue weighted by Gasteiger charge is -2.10. The van der Waals surface area contributed by atoms with E-state index in [1.807, 2.05) is 18.5 Å². The zero-order valence-corrected chi connectivity index (χ0v) is 9.49. The molecular weight excluding hydrogens is 208 g/mol. The number of aryl methyl sites for hydroxylation is 2. The standard InChI is InChI=1S/C8H14N8/c1-6(8-12-10-5-15(8)2)9-4-7-11-14-16(3)13-7/h5-6,9H,4H2,1-3H3. The van der Waals surface area contributed by atoms with Crippen molar-refractivity contribution in [3.05, 3.63) is 18.0 Å². The third-order valence-electron chi connectivity index (χ3n) is 2.25. The molecule has 8 heteroatoms. The first kappa shape index (κ1) is 10.7. The summed E-state index contributed by atoms with van der Waals surface area (Å²) in [6.45, 7) is 2.57. The second kappa shape index (κ2) is 4.35. The minimum Gasteiger partial charge on any atom is -0.319 e. The van der Waals surface area contributed by atoms with Crippen molar-refractivity contribution in [2.24, 2.45) is 14.1 Å². The molecule has 0 aliphatic carbocycles. The molecule has 0 saturated carbocycles. The van der Waals surface area contributed by atoms with Crippen LogP contribution < -0.4 is 5.32 Å². The Bertz CT molecular complexity index is 458. The quantitative estimate of drug-likeness (QED) is 0.728. The first-order valence-electron chi connectivity index (χ1n) is 4.97. The Morgan fingerprint density at radius 2 is 2.19 bits per heavy atom. The first-order valence-corrected chi connectivity index (χ1v) is 4.97. The summed E-state index contributed by atoms with van der Waals surface area (Å²) in [6, 6.07) is 0.0938. The Hall–Kier alpha value is -1.83. The number of tetrazole rings is 1. The molecule has 1 N–H and O–H groups in total. The number of nitrogens with zero attached hydrogens (tertiary/aromatic N) is 7. The fraction of sp³-hybridized carbons (Fsp3) is 0.625. The van der Waals surface area contributed by atoms with E-state index in [-0.39, 0.29) is 6.04 Å². The van der Waals surface area contributed by atoms with Crippen LogP contribution >= 0.6 is 0 Å². The number of aromatic nitrogens is 7. The Labute approximate surface area is 92.7 Å². The van der Waals surface area contributed by atoms with E-state index < -0.39 is 0 Å². The molecule has 2 aromatic rings. The van der Waals surface area contributed by atoms with Crippen LogP contribution in [-0.4, -0.2) is 35.0 Å². The summed E-state index contributed by atoms with van der Waals surface area (Å²) >= 11 is 0. The van der Waals surface area contributed by atoms with Crippen molar-refractivity contribution >= 4 is 0 Å². The van der Waals surface area contributed by atoms with Gasteiger partial charge in [0.2, 0.25) is 0 Å². The fourth-order valence-electron chi connectivity index (χ4n) is 1.41. The lowest BCUT2D eigenvalue weighted by atomic mass is 10.3. The molecule has 16 heavy (non-hydrogen) atoms. The lowest BCUT2D eigenvalue weighted by molar-refractivity contribution is 0.516. The van der Waals surface area contributed by atoms with E-state index in [1.165, 1.54) is 4.80 Å². The van der Waals surface area contributed by atoms with Gasteiger partial charge in [0.05, 0.1) is 19.6 Å². The van der Waals surface area contributed by atoms with E-state index in [2.05, 4.69) is 30.9 Å². The molecular formula is C8H14N8. The largest absolute Gasteiger partial charge is 0.319 e. The van der Waals surface area contributed by atoms with Gasteiger partial charge in [-0.1, -0.05) is 0 Å². The second-order valence-corrected chi connectivity index (χ2v) is 3.60. The maximum absolute atomic E-state index is 4.08. The van der Waals surface area contributed by atoms with Crippen LogP contribution in [0.1, 0.15) is 24.6 Å². The van der Waals surface area contributed by atoms with E-state index in [4.69, 9.17) is 0 Å². The number of nitrogens with one attached hydrogen (secondary N) is 1. The van der Waals surface area contributed by atoms with Gasteiger partial charge in [0.1, 0.15) is 12.2 Å². The SMILES string of the molecule is CC(NCc1nnn(C)n1)c1nncn1C. The highest BCUT2D eigenvalue weighted by Gasteiger charge is 2.11. The average Bonchev–Trinajstić information content (AvgIpc) is 2.84. The topological polar surface area (TPSA) is 86.3 Å². The van der Waals surface area contributed by atoms with Gasteiger partial charge in [-0.3, -0.25) is 0 Å². The van der Waals surface area contributed by atoms with Crippen LogP contribution in [0.4, 0.5) is 0 Å². The van der Waals surface area contributed by atoms with Gasteiger partial charge in [0.25, 0.3) is 0 Å². The molecule has 0 aromatic carbocycles. The summed E-state index contributed by atoms with van der Waals surface area (Å²) in [4.78, 5) is 1.43. The molecule has 8 nitrogen and oxygen atoms in total. The van der Waals surface area contributed by atoms with Crippen LogP contribution in [0.5, 0.6) is 0 Å². The molecule has 0 aliphatic rings. The molecule has 0 spiro atoms. The van der Waals surface area contributed by atoms with Gasteiger partial charge in [-0.05, 0) is 12.1 Å². The van der Waals surface area contributed by atoms with Gasteiger partial charge < -0.3 is 9.88 Å². The summed E-state index contributed by atoms with van der Waals surface area (Å²) in [5.41, 5.74) is 0. The molecule has 0 amide bonds. The van der Waals surface area contributed by atoms with Gasteiger partial charge in [0.15, 0.2) is 5.82 Å². The molecule has 0 saturated heterocycles. The third kappa shape index (κ3) is 2.22. The highest BCUT2D eigenvalue weighted by atomic mass is 15.6. The van der Waals surface area contributed by atoms with Crippen molar-refractivity contribution in [1.29, 1.82) is 0 Å². The van der Waals surface area contributed by atoms with Crippen LogP contribution in [0.2, 0.25) is 0 Å². The zero-order valence-electron chi connectivity index (χ0n) is 9.49. The smallest absolute Gasteiger partial charge is 0.188 e. The average molecular weight is 222 g/mol. The Kier molecular flexibility index (Phi) is 2.91. The van der Waals surface area contributed by atoms with Crippen LogP contribution in [0.15, 0.2) is 6.33 Å². The van der Waals surface area contributed by atoms with Gasteiger partial charge in [-0.2, -0.15) is 4.80 Å². The zero-order chi connectivity index (χ0) is 11.5. The van der Waals surface area contributed by atoms with Crippen molar-refractivity contribution in [3.63, 3.8) is 0 Å². The van der Waals surface area contributed by atoms with Crippen LogP contribution in [-0.2, 0) is 20.6 Å². The molecule has 0 fully saturated rings. The summed E-state index contributed by atoms with van der Waals surface area (Å²) in [5, 5.41) is 22.8. The molecule has 86 valence electrons. The van der Waals surface area contributed by atoms with E-state index >= 15 is 0 Å². The third-order valence-corrected chi connectivity index (χ3v) is 2.25. The summed E-state index contributed by atoms with van der Waals surface area (Å²) in [5.74, 6) is 1.54. The fourth-order valence-corrected chi connectivity index (χ4v) is 1.41. The Balaban J connectivity index is 1.93. The van der Waals surface area contributed by atoms with Crippen molar-refractivity contribution in [1.82, 2.24) is 40.3 Å². The number of rotatable bonds is 4. The van der Waals surface area contributed by atoms with Crippen molar-refractivity contribution < 1.29 is 0 Å². The lowest BCUT2D eigenvalue weighted by Crippen LogP contribution is -2.21. The van der Waals surface area contributed by atoms with Gasteiger partial charge in [-0.25, -0.2) is 0 Å². The minimum absolute atomic E-state index is 0.0938. The maximum atomic E-state index is 4.08. The van der Waals surface area contributed by atoms with Crippen LogP contribution in [0.25, 0.3) is 0 Å². The normalized spacial score (nSPS) is 12.9. The molecule has 0 bridgehead atoms.